The highest BCUT2D eigenvalue weighted by Gasteiger charge is 2.12. The summed E-state index contributed by atoms with van der Waals surface area (Å²) in [6, 6.07) is 6.56. The number of rotatable bonds is 8. The van der Waals surface area contributed by atoms with Crippen LogP contribution >= 0.6 is 0 Å². The summed E-state index contributed by atoms with van der Waals surface area (Å²) in [5.41, 5.74) is 1.27. The Labute approximate surface area is 110 Å². The molecule has 0 aliphatic carbocycles. The molecule has 0 amide bonds. The zero-order valence-electron chi connectivity index (χ0n) is 12.0. The summed E-state index contributed by atoms with van der Waals surface area (Å²) < 4.78 is 10.6. The number of benzene rings is 1. The van der Waals surface area contributed by atoms with Gasteiger partial charge in [0.1, 0.15) is 0 Å². The van der Waals surface area contributed by atoms with Crippen LogP contribution in [0.2, 0.25) is 0 Å². The van der Waals surface area contributed by atoms with Crippen LogP contribution in [-0.2, 0) is 0 Å². The van der Waals surface area contributed by atoms with Gasteiger partial charge in [-0.15, -0.1) is 0 Å². The molecule has 0 spiro atoms. The highest BCUT2D eigenvalue weighted by atomic mass is 16.5. The Kier molecular flexibility index (Phi) is 6.58. The zero-order chi connectivity index (χ0) is 13.4. The molecule has 1 aromatic carbocycles. The first-order chi connectivity index (χ1) is 8.76. The van der Waals surface area contributed by atoms with E-state index in [-0.39, 0.29) is 0 Å². The number of hydrogen-bond donors (Lipinski definition) is 1. The average molecular weight is 251 g/mol. The molecule has 1 aromatic rings. The maximum Gasteiger partial charge on any atom is 0.161 e. The topological polar surface area (TPSA) is 30.5 Å². The molecule has 102 valence electrons. The van der Waals surface area contributed by atoms with Crippen molar-refractivity contribution in [2.45, 2.75) is 39.2 Å². The molecule has 1 atom stereocenters. The monoisotopic (exact) mass is 251 g/mol. The predicted molar refractivity (Wildman–Crippen MR) is 75.5 cm³/mol. The third kappa shape index (κ3) is 3.91. The van der Waals surface area contributed by atoms with Crippen molar-refractivity contribution >= 4 is 0 Å². The van der Waals surface area contributed by atoms with Crippen LogP contribution in [-0.4, -0.2) is 20.8 Å². The second-order valence-electron chi connectivity index (χ2n) is 4.41. The SMILES string of the molecule is CCCNC(CCC)c1ccc(OC)c(OC)c1. The van der Waals surface area contributed by atoms with E-state index in [1.165, 1.54) is 5.56 Å². The Morgan fingerprint density at radius 2 is 1.78 bits per heavy atom. The van der Waals surface area contributed by atoms with E-state index >= 15 is 0 Å². The molecule has 0 heterocycles. The Morgan fingerprint density at radius 3 is 2.33 bits per heavy atom. The highest BCUT2D eigenvalue weighted by Crippen LogP contribution is 2.31. The molecule has 0 radical (unpaired) electrons. The van der Waals surface area contributed by atoms with Crippen LogP contribution in [0, 0.1) is 0 Å². The number of ether oxygens (including phenoxy) is 2. The van der Waals surface area contributed by atoms with Crippen LogP contribution in [0.15, 0.2) is 18.2 Å². The highest BCUT2D eigenvalue weighted by molar-refractivity contribution is 5.43. The van der Waals surface area contributed by atoms with Crippen molar-refractivity contribution in [3.05, 3.63) is 23.8 Å². The minimum absolute atomic E-state index is 0.398. The number of hydrogen-bond acceptors (Lipinski definition) is 3. The van der Waals surface area contributed by atoms with E-state index in [4.69, 9.17) is 9.47 Å². The van der Waals surface area contributed by atoms with Crippen molar-refractivity contribution in [1.82, 2.24) is 5.32 Å². The molecular weight excluding hydrogens is 226 g/mol. The number of nitrogens with one attached hydrogen (secondary N) is 1. The van der Waals surface area contributed by atoms with Gasteiger partial charge in [0.05, 0.1) is 14.2 Å². The quantitative estimate of drug-likeness (QED) is 0.766. The fourth-order valence-electron chi connectivity index (χ4n) is 2.06. The molecule has 0 fully saturated rings. The van der Waals surface area contributed by atoms with Crippen LogP contribution in [0.25, 0.3) is 0 Å². The van der Waals surface area contributed by atoms with Gasteiger partial charge in [0.25, 0.3) is 0 Å². The van der Waals surface area contributed by atoms with Crippen molar-refractivity contribution in [2.24, 2.45) is 0 Å². The first kappa shape index (κ1) is 14.8. The van der Waals surface area contributed by atoms with Crippen molar-refractivity contribution in [2.75, 3.05) is 20.8 Å². The van der Waals surface area contributed by atoms with E-state index in [1.54, 1.807) is 14.2 Å². The smallest absolute Gasteiger partial charge is 0.161 e. The van der Waals surface area contributed by atoms with Crippen LogP contribution in [0.5, 0.6) is 11.5 Å². The molecule has 0 saturated heterocycles. The molecular formula is C15H25NO2. The molecule has 0 bridgehead atoms. The molecule has 0 aliphatic rings. The van der Waals surface area contributed by atoms with Crippen molar-refractivity contribution < 1.29 is 9.47 Å². The maximum atomic E-state index is 5.36. The molecule has 0 aliphatic heterocycles. The first-order valence-corrected chi connectivity index (χ1v) is 6.72. The summed E-state index contributed by atoms with van der Waals surface area (Å²) in [6.07, 6.45) is 3.44. The summed E-state index contributed by atoms with van der Waals surface area (Å²) in [4.78, 5) is 0. The zero-order valence-corrected chi connectivity index (χ0v) is 12.0. The van der Waals surface area contributed by atoms with Crippen LogP contribution in [0.1, 0.15) is 44.7 Å². The lowest BCUT2D eigenvalue weighted by Gasteiger charge is -2.19. The fraction of sp³-hybridized carbons (Fsp3) is 0.600. The summed E-state index contributed by atoms with van der Waals surface area (Å²) >= 11 is 0. The maximum absolute atomic E-state index is 5.36. The van der Waals surface area contributed by atoms with E-state index < -0.39 is 0 Å². The molecule has 18 heavy (non-hydrogen) atoms. The van der Waals surface area contributed by atoms with E-state index in [9.17, 15) is 0 Å². The molecule has 3 nitrogen and oxygen atoms in total. The van der Waals surface area contributed by atoms with E-state index in [0.717, 1.165) is 37.3 Å². The minimum atomic E-state index is 0.398. The third-order valence-electron chi connectivity index (χ3n) is 3.03. The number of methoxy groups -OCH3 is 2. The van der Waals surface area contributed by atoms with Crippen LogP contribution in [0.4, 0.5) is 0 Å². The molecule has 3 heteroatoms. The van der Waals surface area contributed by atoms with E-state index in [1.807, 2.05) is 6.07 Å². The molecule has 1 N–H and O–H groups in total. The van der Waals surface area contributed by atoms with Gasteiger partial charge < -0.3 is 14.8 Å². The third-order valence-corrected chi connectivity index (χ3v) is 3.03. The molecule has 1 unspecified atom stereocenters. The van der Waals surface area contributed by atoms with Crippen LogP contribution < -0.4 is 14.8 Å². The Hall–Kier alpha value is -1.22. The van der Waals surface area contributed by atoms with Gasteiger partial charge in [-0.25, -0.2) is 0 Å². The van der Waals surface area contributed by atoms with Gasteiger partial charge in [0.2, 0.25) is 0 Å². The second-order valence-corrected chi connectivity index (χ2v) is 4.41. The molecule has 0 saturated carbocycles. The van der Waals surface area contributed by atoms with Crippen LogP contribution in [0.3, 0.4) is 0 Å². The summed E-state index contributed by atoms with van der Waals surface area (Å²) in [6.45, 7) is 5.44. The van der Waals surface area contributed by atoms with Crippen molar-refractivity contribution in [3.63, 3.8) is 0 Å². The Morgan fingerprint density at radius 1 is 1.06 bits per heavy atom. The lowest BCUT2D eigenvalue weighted by Crippen LogP contribution is -2.22. The van der Waals surface area contributed by atoms with Gasteiger partial charge in [-0.2, -0.15) is 0 Å². The van der Waals surface area contributed by atoms with Gasteiger partial charge >= 0.3 is 0 Å². The fourth-order valence-corrected chi connectivity index (χ4v) is 2.06. The Bertz CT molecular complexity index is 352. The van der Waals surface area contributed by atoms with Gasteiger partial charge in [0, 0.05) is 6.04 Å². The largest absolute Gasteiger partial charge is 0.493 e. The minimum Gasteiger partial charge on any atom is -0.493 e. The Balaban J connectivity index is 2.89. The average Bonchev–Trinajstić information content (AvgIpc) is 2.42. The van der Waals surface area contributed by atoms with Crippen molar-refractivity contribution in [1.29, 1.82) is 0 Å². The second kappa shape index (κ2) is 7.98. The summed E-state index contributed by atoms with van der Waals surface area (Å²) in [5, 5.41) is 3.58. The lowest BCUT2D eigenvalue weighted by molar-refractivity contribution is 0.353. The first-order valence-electron chi connectivity index (χ1n) is 6.72. The van der Waals surface area contributed by atoms with E-state index in [0.29, 0.717) is 6.04 Å². The standard InChI is InChI=1S/C15H25NO2/c1-5-7-13(16-10-6-2)12-8-9-14(17-3)15(11-12)18-4/h8-9,11,13,16H,5-7,10H2,1-4H3. The molecule has 0 aromatic heterocycles. The van der Waals surface area contributed by atoms with Gasteiger partial charge in [-0.1, -0.05) is 26.3 Å². The lowest BCUT2D eigenvalue weighted by atomic mass is 10.0. The summed E-state index contributed by atoms with van der Waals surface area (Å²) in [5.74, 6) is 1.58. The predicted octanol–water partition coefficient (Wildman–Crippen LogP) is 3.54. The summed E-state index contributed by atoms with van der Waals surface area (Å²) in [7, 11) is 3.34. The van der Waals surface area contributed by atoms with Gasteiger partial charge in [-0.3, -0.25) is 0 Å². The normalized spacial score (nSPS) is 12.2. The van der Waals surface area contributed by atoms with Gasteiger partial charge in [0.15, 0.2) is 11.5 Å². The van der Waals surface area contributed by atoms with Gasteiger partial charge in [-0.05, 0) is 37.1 Å². The van der Waals surface area contributed by atoms with Crippen molar-refractivity contribution in [3.8, 4) is 11.5 Å². The van der Waals surface area contributed by atoms with E-state index in [2.05, 4.69) is 31.3 Å². The molecule has 1 rings (SSSR count).